The highest BCUT2D eigenvalue weighted by Gasteiger charge is 2.43. The number of rotatable bonds is 6. The minimum absolute atomic E-state index is 0.235. The molecule has 2 aromatic carbocycles. The van der Waals surface area contributed by atoms with E-state index in [0.717, 1.165) is 5.56 Å². The molecule has 0 saturated carbocycles. The number of urea groups is 1. The van der Waals surface area contributed by atoms with Gasteiger partial charge in [-0.25, -0.2) is 4.79 Å². The van der Waals surface area contributed by atoms with Crippen LogP contribution in [-0.4, -0.2) is 52.7 Å². The van der Waals surface area contributed by atoms with Crippen LogP contribution in [0.2, 0.25) is 0 Å². The number of nitrogens with zero attached hydrogens (tertiary/aromatic N) is 3. The van der Waals surface area contributed by atoms with E-state index in [1.54, 1.807) is 31.2 Å². The van der Waals surface area contributed by atoms with Crippen LogP contribution in [0.25, 0.3) is 0 Å². The largest absolute Gasteiger partial charge is 0.331 e. The van der Waals surface area contributed by atoms with Crippen LogP contribution in [0.15, 0.2) is 48.5 Å². The Labute approximate surface area is 174 Å². The van der Waals surface area contributed by atoms with E-state index in [1.165, 1.54) is 14.7 Å². The number of amides is 5. The summed E-state index contributed by atoms with van der Waals surface area (Å²) in [4.78, 5) is 54.3. The van der Waals surface area contributed by atoms with Gasteiger partial charge in [0.25, 0.3) is 17.7 Å². The zero-order valence-corrected chi connectivity index (χ0v) is 17.0. The Hall–Kier alpha value is -3.48. The van der Waals surface area contributed by atoms with Crippen molar-refractivity contribution in [2.75, 3.05) is 18.0 Å². The molecule has 0 N–H and O–H groups in total. The first kappa shape index (κ1) is 19.8. The van der Waals surface area contributed by atoms with Crippen molar-refractivity contribution < 1.29 is 19.2 Å². The van der Waals surface area contributed by atoms with Crippen molar-refractivity contribution in [3.63, 3.8) is 0 Å². The third-order valence-electron chi connectivity index (χ3n) is 5.65. The van der Waals surface area contributed by atoms with Crippen LogP contribution in [0.3, 0.4) is 0 Å². The van der Waals surface area contributed by atoms with Crippen molar-refractivity contribution >= 4 is 29.4 Å². The van der Waals surface area contributed by atoms with Gasteiger partial charge in [-0.1, -0.05) is 29.8 Å². The third kappa shape index (κ3) is 3.26. The molecule has 2 aromatic rings. The van der Waals surface area contributed by atoms with Gasteiger partial charge in [0.2, 0.25) is 0 Å². The monoisotopic (exact) mass is 405 g/mol. The zero-order valence-electron chi connectivity index (χ0n) is 17.0. The van der Waals surface area contributed by atoms with Crippen LogP contribution >= 0.6 is 0 Å². The number of aryl methyl sites for hydroxylation is 1. The van der Waals surface area contributed by atoms with Crippen LogP contribution in [0.1, 0.15) is 46.0 Å². The van der Waals surface area contributed by atoms with Gasteiger partial charge >= 0.3 is 6.03 Å². The molecule has 0 bridgehead atoms. The van der Waals surface area contributed by atoms with Gasteiger partial charge in [-0.05, 0) is 51.0 Å². The number of fused-ring (bicyclic) bond motifs is 1. The number of carbonyl (C=O) groups excluding carboxylic acids is 4. The molecule has 2 heterocycles. The van der Waals surface area contributed by atoms with Gasteiger partial charge in [-0.3, -0.25) is 29.1 Å². The van der Waals surface area contributed by atoms with Crippen molar-refractivity contribution in [2.24, 2.45) is 0 Å². The molecule has 1 atom stereocenters. The molecule has 0 aromatic heterocycles. The SMILES string of the molecule is Cc1ccc(N2C(=O)N(CCCCN3C(=O)c4ccccc4C3=O)C(=O)[C@H]2C)cc1. The zero-order chi connectivity index (χ0) is 21.4. The van der Waals surface area contributed by atoms with Crippen LogP contribution in [0, 0.1) is 6.92 Å². The molecule has 7 nitrogen and oxygen atoms in total. The Morgan fingerprint density at radius 2 is 1.30 bits per heavy atom. The summed E-state index contributed by atoms with van der Waals surface area (Å²) in [6, 6.07) is 13.4. The second kappa shape index (κ2) is 7.74. The van der Waals surface area contributed by atoms with Gasteiger partial charge in [-0.2, -0.15) is 0 Å². The lowest BCUT2D eigenvalue weighted by molar-refractivity contribution is -0.127. The molecule has 7 heteroatoms. The number of benzene rings is 2. The third-order valence-corrected chi connectivity index (χ3v) is 5.65. The fourth-order valence-corrected chi connectivity index (χ4v) is 3.95. The highest BCUT2D eigenvalue weighted by molar-refractivity contribution is 6.21. The van der Waals surface area contributed by atoms with Gasteiger partial charge < -0.3 is 0 Å². The molecule has 0 aliphatic carbocycles. The lowest BCUT2D eigenvalue weighted by atomic mass is 10.1. The number of hydrogen-bond acceptors (Lipinski definition) is 4. The summed E-state index contributed by atoms with van der Waals surface area (Å²) >= 11 is 0. The molecule has 154 valence electrons. The average molecular weight is 405 g/mol. The van der Waals surface area contributed by atoms with Gasteiger partial charge in [0.15, 0.2) is 0 Å². The molecule has 2 aliphatic rings. The van der Waals surface area contributed by atoms with Crippen molar-refractivity contribution in [1.82, 2.24) is 9.80 Å². The van der Waals surface area contributed by atoms with E-state index in [4.69, 9.17) is 0 Å². The fraction of sp³-hybridized carbons (Fsp3) is 0.304. The van der Waals surface area contributed by atoms with E-state index in [-0.39, 0.29) is 36.8 Å². The molecular weight excluding hydrogens is 382 g/mol. The van der Waals surface area contributed by atoms with E-state index >= 15 is 0 Å². The van der Waals surface area contributed by atoms with Gasteiger partial charge in [0, 0.05) is 18.8 Å². The normalized spacial score (nSPS) is 18.6. The number of carbonyl (C=O) groups is 4. The van der Waals surface area contributed by atoms with Crippen LogP contribution in [0.4, 0.5) is 10.5 Å². The maximum absolute atomic E-state index is 12.8. The molecule has 0 unspecified atom stereocenters. The summed E-state index contributed by atoms with van der Waals surface area (Å²) in [5, 5.41) is 0. The van der Waals surface area contributed by atoms with Crippen LogP contribution < -0.4 is 4.90 Å². The van der Waals surface area contributed by atoms with Crippen molar-refractivity contribution in [3.8, 4) is 0 Å². The van der Waals surface area contributed by atoms with Crippen molar-refractivity contribution in [3.05, 3.63) is 65.2 Å². The lowest BCUT2D eigenvalue weighted by Crippen LogP contribution is -2.35. The maximum Gasteiger partial charge on any atom is 0.331 e. The van der Waals surface area contributed by atoms with Crippen molar-refractivity contribution in [2.45, 2.75) is 32.7 Å². The minimum atomic E-state index is -0.559. The highest BCUT2D eigenvalue weighted by Crippen LogP contribution is 2.27. The summed E-state index contributed by atoms with van der Waals surface area (Å²) in [5.74, 6) is -0.813. The van der Waals surface area contributed by atoms with Crippen LogP contribution in [-0.2, 0) is 4.79 Å². The maximum atomic E-state index is 12.8. The second-order valence-corrected chi connectivity index (χ2v) is 7.67. The quantitative estimate of drug-likeness (QED) is 0.420. The van der Waals surface area contributed by atoms with E-state index in [0.29, 0.717) is 29.7 Å². The molecule has 0 radical (unpaired) electrons. The molecule has 30 heavy (non-hydrogen) atoms. The molecule has 0 spiro atoms. The molecule has 2 aliphatic heterocycles. The molecule has 1 saturated heterocycles. The summed E-state index contributed by atoms with van der Waals surface area (Å²) < 4.78 is 0. The van der Waals surface area contributed by atoms with Crippen LogP contribution in [0.5, 0.6) is 0 Å². The van der Waals surface area contributed by atoms with E-state index < -0.39 is 6.04 Å². The number of anilines is 1. The van der Waals surface area contributed by atoms with E-state index in [9.17, 15) is 19.2 Å². The predicted molar refractivity (Wildman–Crippen MR) is 111 cm³/mol. The summed E-state index contributed by atoms with van der Waals surface area (Å²) in [5.41, 5.74) is 2.62. The summed E-state index contributed by atoms with van der Waals surface area (Å²) in [6.07, 6.45) is 1.03. The van der Waals surface area contributed by atoms with Crippen molar-refractivity contribution in [1.29, 1.82) is 0 Å². The lowest BCUT2D eigenvalue weighted by Gasteiger charge is -2.19. The van der Waals surface area contributed by atoms with E-state index in [1.807, 2.05) is 31.2 Å². The topological polar surface area (TPSA) is 78.0 Å². The molecule has 5 amide bonds. The first-order chi connectivity index (χ1) is 14.4. The number of imide groups is 2. The van der Waals surface area contributed by atoms with Gasteiger partial charge in [-0.15, -0.1) is 0 Å². The minimum Gasteiger partial charge on any atom is -0.282 e. The Bertz CT molecular complexity index is 996. The second-order valence-electron chi connectivity index (χ2n) is 7.67. The Morgan fingerprint density at radius 3 is 1.87 bits per heavy atom. The molecular formula is C23H23N3O4. The number of unbranched alkanes of at least 4 members (excludes halogenated alkanes) is 1. The first-order valence-corrected chi connectivity index (χ1v) is 10.1. The fourth-order valence-electron chi connectivity index (χ4n) is 3.95. The highest BCUT2D eigenvalue weighted by atomic mass is 16.2. The summed E-state index contributed by atoms with van der Waals surface area (Å²) in [6.45, 7) is 4.21. The Balaban J connectivity index is 1.35. The van der Waals surface area contributed by atoms with Gasteiger partial charge in [0.1, 0.15) is 6.04 Å². The van der Waals surface area contributed by atoms with E-state index in [2.05, 4.69) is 0 Å². The molecule has 1 fully saturated rings. The predicted octanol–water partition coefficient (Wildman–Crippen LogP) is 3.23. The molecule has 4 rings (SSSR count). The Morgan fingerprint density at radius 1 is 0.767 bits per heavy atom. The standard InChI is InChI=1S/C23H23N3O4/c1-15-9-11-17(12-10-15)26-16(2)20(27)25(23(26)30)14-6-5-13-24-21(28)18-7-3-4-8-19(18)22(24)29/h3-4,7-12,16H,5-6,13-14H2,1-2H3/t16-/m1/s1. The number of hydrogen-bond donors (Lipinski definition) is 0. The summed E-state index contributed by atoms with van der Waals surface area (Å²) in [7, 11) is 0. The van der Waals surface area contributed by atoms with Gasteiger partial charge in [0.05, 0.1) is 11.1 Å². The smallest absolute Gasteiger partial charge is 0.282 e. The Kier molecular flexibility index (Phi) is 5.11. The first-order valence-electron chi connectivity index (χ1n) is 10.1. The average Bonchev–Trinajstić information content (AvgIpc) is 3.11.